The van der Waals surface area contributed by atoms with Gasteiger partial charge in [0.25, 0.3) is 6.47 Å². The molecule has 1 aromatic carbocycles. The Morgan fingerprint density at radius 2 is 1.63 bits per heavy atom. The van der Waals surface area contributed by atoms with Gasteiger partial charge in [0, 0.05) is 7.11 Å². The van der Waals surface area contributed by atoms with Crippen LogP contribution in [0.2, 0.25) is 0 Å². The molecule has 0 spiro atoms. The maximum atomic E-state index is 12.8. The van der Waals surface area contributed by atoms with Crippen LogP contribution in [0.3, 0.4) is 0 Å². The lowest BCUT2D eigenvalue weighted by Crippen LogP contribution is -2.19. The molecule has 0 saturated heterocycles. The Labute approximate surface area is 113 Å². The standard InChI is InChI=1S/C13H17FO.C2H4O2/c1-15-13-8-4-11(5-9-13)10-2-6-12(14)7-3-10;1-4-2-3/h2-3,6-7,11,13H,4-5,8-9H2,1H3;2H,1H3. The van der Waals surface area contributed by atoms with Gasteiger partial charge in [-0.2, -0.15) is 0 Å². The number of methoxy groups -OCH3 is 2. The topological polar surface area (TPSA) is 35.5 Å². The zero-order valence-corrected chi connectivity index (χ0v) is 11.5. The van der Waals surface area contributed by atoms with Crippen molar-refractivity contribution in [1.82, 2.24) is 0 Å². The summed E-state index contributed by atoms with van der Waals surface area (Å²) in [4.78, 5) is 8.95. The minimum Gasteiger partial charge on any atom is -0.471 e. The highest BCUT2D eigenvalue weighted by molar-refractivity contribution is 5.36. The molecule has 0 heterocycles. The Balaban J connectivity index is 0.000000399. The Hall–Kier alpha value is -1.42. The van der Waals surface area contributed by atoms with E-state index >= 15 is 0 Å². The molecular formula is C15H21FO3. The summed E-state index contributed by atoms with van der Waals surface area (Å²) >= 11 is 0. The van der Waals surface area contributed by atoms with Crippen LogP contribution in [0.4, 0.5) is 4.39 Å². The summed E-state index contributed by atoms with van der Waals surface area (Å²) in [5.41, 5.74) is 1.27. The second-order valence-electron chi connectivity index (χ2n) is 4.59. The second-order valence-corrected chi connectivity index (χ2v) is 4.59. The number of ether oxygens (including phenoxy) is 2. The first kappa shape index (κ1) is 15.6. The molecule has 0 radical (unpaired) electrons. The number of rotatable bonds is 3. The molecule has 0 aliphatic heterocycles. The summed E-state index contributed by atoms with van der Waals surface area (Å²) in [6.45, 7) is 0.375. The van der Waals surface area contributed by atoms with E-state index in [4.69, 9.17) is 9.53 Å². The van der Waals surface area contributed by atoms with Gasteiger partial charge in [-0.05, 0) is 49.3 Å². The van der Waals surface area contributed by atoms with Crippen molar-refractivity contribution in [2.75, 3.05) is 14.2 Å². The summed E-state index contributed by atoms with van der Waals surface area (Å²) in [7, 11) is 3.09. The number of hydrogen-bond donors (Lipinski definition) is 0. The Kier molecular flexibility index (Phi) is 7.11. The van der Waals surface area contributed by atoms with Crippen LogP contribution in [0.5, 0.6) is 0 Å². The first-order valence-electron chi connectivity index (χ1n) is 6.46. The average Bonchev–Trinajstić information content (AvgIpc) is 2.48. The normalized spacial score (nSPS) is 22.1. The van der Waals surface area contributed by atoms with Gasteiger partial charge < -0.3 is 9.47 Å². The highest BCUT2D eigenvalue weighted by Gasteiger charge is 2.21. The molecule has 1 aliphatic carbocycles. The lowest BCUT2D eigenvalue weighted by molar-refractivity contribution is -0.126. The van der Waals surface area contributed by atoms with Gasteiger partial charge in [0.15, 0.2) is 0 Å². The molecule has 0 unspecified atom stereocenters. The molecule has 0 N–H and O–H groups in total. The minimum absolute atomic E-state index is 0.149. The van der Waals surface area contributed by atoms with Crippen LogP contribution >= 0.6 is 0 Å². The molecule has 106 valence electrons. The van der Waals surface area contributed by atoms with E-state index in [1.54, 1.807) is 19.2 Å². The van der Waals surface area contributed by atoms with E-state index in [1.807, 2.05) is 12.1 Å². The van der Waals surface area contributed by atoms with Crippen molar-refractivity contribution in [3.05, 3.63) is 35.6 Å². The molecule has 1 aliphatic rings. The van der Waals surface area contributed by atoms with Crippen LogP contribution in [-0.2, 0) is 14.3 Å². The Morgan fingerprint density at radius 3 is 2.05 bits per heavy atom. The summed E-state index contributed by atoms with van der Waals surface area (Å²) in [6.07, 6.45) is 4.99. The van der Waals surface area contributed by atoms with Crippen LogP contribution in [-0.4, -0.2) is 26.8 Å². The number of hydrogen-bond acceptors (Lipinski definition) is 3. The fraction of sp³-hybridized carbons (Fsp3) is 0.533. The number of halogens is 1. The van der Waals surface area contributed by atoms with Gasteiger partial charge in [-0.1, -0.05) is 12.1 Å². The lowest BCUT2D eigenvalue weighted by atomic mass is 9.83. The fourth-order valence-electron chi connectivity index (χ4n) is 2.37. The molecule has 0 bridgehead atoms. The van der Waals surface area contributed by atoms with E-state index in [1.165, 1.54) is 12.7 Å². The largest absolute Gasteiger partial charge is 0.471 e. The van der Waals surface area contributed by atoms with Gasteiger partial charge >= 0.3 is 0 Å². The zero-order valence-electron chi connectivity index (χ0n) is 11.5. The predicted octanol–water partition coefficient (Wildman–Crippen LogP) is 3.29. The maximum Gasteiger partial charge on any atom is 0.292 e. The summed E-state index contributed by atoms with van der Waals surface area (Å²) < 4.78 is 21.9. The first-order valence-corrected chi connectivity index (χ1v) is 6.46. The van der Waals surface area contributed by atoms with Crippen LogP contribution in [0.15, 0.2) is 24.3 Å². The van der Waals surface area contributed by atoms with Crippen molar-refractivity contribution in [2.24, 2.45) is 0 Å². The number of carbonyl (C=O) groups is 1. The molecule has 19 heavy (non-hydrogen) atoms. The smallest absolute Gasteiger partial charge is 0.292 e. The molecule has 0 aromatic heterocycles. The van der Waals surface area contributed by atoms with E-state index in [9.17, 15) is 4.39 Å². The molecule has 1 aromatic rings. The molecule has 0 amide bonds. The molecular weight excluding hydrogens is 247 g/mol. The molecule has 1 fully saturated rings. The molecule has 1 saturated carbocycles. The van der Waals surface area contributed by atoms with Crippen molar-refractivity contribution in [2.45, 2.75) is 37.7 Å². The van der Waals surface area contributed by atoms with Crippen molar-refractivity contribution >= 4 is 6.47 Å². The van der Waals surface area contributed by atoms with E-state index in [-0.39, 0.29) is 5.82 Å². The van der Waals surface area contributed by atoms with E-state index in [0.717, 1.165) is 25.7 Å². The summed E-state index contributed by atoms with van der Waals surface area (Å²) in [6, 6.07) is 6.93. The van der Waals surface area contributed by atoms with Gasteiger partial charge in [0.05, 0.1) is 13.2 Å². The van der Waals surface area contributed by atoms with Gasteiger partial charge in [-0.3, -0.25) is 4.79 Å². The third kappa shape index (κ3) is 5.39. The third-order valence-electron chi connectivity index (χ3n) is 3.45. The van der Waals surface area contributed by atoms with Gasteiger partial charge in [0.1, 0.15) is 5.82 Å². The monoisotopic (exact) mass is 268 g/mol. The molecule has 3 nitrogen and oxygen atoms in total. The van der Waals surface area contributed by atoms with Crippen molar-refractivity contribution in [3.8, 4) is 0 Å². The minimum atomic E-state index is -0.149. The Morgan fingerprint density at radius 1 is 1.11 bits per heavy atom. The van der Waals surface area contributed by atoms with E-state index in [0.29, 0.717) is 18.5 Å². The van der Waals surface area contributed by atoms with Gasteiger partial charge in [-0.15, -0.1) is 0 Å². The molecule has 2 rings (SSSR count). The summed E-state index contributed by atoms with van der Waals surface area (Å²) in [5, 5.41) is 0. The number of benzene rings is 1. The SMILES string of the molecule is COC1CCC(c2ccc(F)cc2)CC1.COC=O. The van der Waals surface area contributed by atoms with Crippen molar-refractivity contribution in [1.29, 1.82) is 0 Å². The Bertz CT molecular complexity index is 356. The predicted molar refractivity (Wildman–Crippen MR) is 71.5 cm³/mol. The van der Waals surface area contributed by atoms with E-state index in [2.05, 4.69) is 4.74 Å². The average molecular weight is 268 g/mol. The maximum absolute atomic E-state index is 12.8. The van der Waals surface area contributed by atoms with Crippen LogP contribution in [0.25, 0.3) is 0 Å². The van der Waals surface area contributed by atoms with Crippen LogP contribution < -0.4 is 0 Å². The number of carbonyl (C=O) groups excluding carboxylic acids is 1. The van der Waals surface area contributed by atoms with Gasteiger partial charge in [-0.25, -0.2) is 4.39 Å². The second kappa shape index (κ2) is 8.64. The van der Waals surface area contributed by atoms with E-state index < -0.39 is 0 Å². The van der Waals surface area contributed by atoms with Crippen molar-refractivity contribution in [3.63, 3.8) is 0 Å². The first-order chi connectivity index (χ1) is 9.21. The quantitative estimate of drug-likeness (QED) is 0.789. The molecule has 4 heteroatoms. The van der Waals surface area contributed by atoms with Crippen molar-refractivity contribution < 1.29 is 18.7 Å². The third-order valence-corrected chi connectivity index (χ3v) is 3.45. The highest BCUT2D eigenvalue weighted by Crippen LogP contribution is 2.33. The van der Waals surface area contributed by atoms with Crippen LogP contribution in [0.1, 0.15) is 37.2 Å². The van der Waals surface area contributed by atoms with Crippen LogP contribution in [0, 0.1) is 5.82 Å². The zero-order chi connectivity index (χ0) is 14.1. The summed E-state index contributed by atoms with van der Waals surface area (Å²) in [5.74, 6) is 0.446. The fourth-order valence-corrected chi connectivity index (χ4v) is 2.37. The van der Waals surface area contributed by atoms with Gasteiger partial charge in [0.2, 0.25) is 0 Å². The lowest BCUT2D eigenvalue weighted by Gasteiger charge is -2.27. The highest BCUT2D eigenvalue weighted by atomic mass is 19.1. The molecule has 0 atom stereocenters.